The van der Waals surface area contributed by atoms with Gasteiger partial charge in [0.15, 0.2) is 5.82 Å². The third-order valence-electron chi connectivity index (χ3n) is 3.30. The Hall–Kier alpha value is -1.46. The third-order valence-corrected chi connectivity index (χ3v) is 3.66. The van der Waals surface area contributed by atoms with E-state index in [1.165, 1.54) is 6.07 Å². The lowest BCUT2D eigenvalue weighted by Gasteiger charge is -2.03. The summed E-state index contributed by atoms with van der Waals surface area (Å²) in [5, 5.41) is 4.21. The first kappa shape index (κ1) is 12.6. The average Bonchev–Trinajstić information content (AvgIpc) is 3.13. The van der Waals surface area contributed by atoms with Gasteiger partial charge in [-0.3, -0.25) is 0 Å². The number of rotatable bonds is 4. The Kier molecular flexibility index (Phi) is 3.24. The molecule has 1 aliphatic rings. The van der Waals surface area contributed by atoms with E-state index in [1.54, 1.807) is 12.1 Å². The monoisotopic (exact) mass is 281 g/mol. The Morgan fingerprint density at radius 1 is 1.47 bits per heavy atom. The van der Waals surface area contributed by atoms with Crippen LogP contribution in [-0.4, -0.2) is 10.1 Å². The zero-order valence-electron chi connectivity index (χ0n) is 10.1. The standard InChI is InChI=1S/C13H13ClFN3O/c14-9-2-1-3-10(15)8(9)6-11-17-13(18-19-11)12(16)7-4-5-7/h1-3,7,12H,4-6,16H2. The largest absolute Gasteiger partial charge is 0.339 e. The Morgan fingerprint density at radius 3 is 2.95 bits per heavy atom. The molecule has 0 amide bonds. The van der Waals surface area contributed by atoms with Gasteiger partial charge in [0.2, 0.25) is 5.89 Å². The smallest absolute Gasteiger partial charge is 0.231 e. The molecular formula is C13H13ClFN3O. The molecule has 6 heteroatoms. The molecule has 1 saturated carbocycles. The van der Waals surface area contributed by atoms with Gasteiger partial charge in [-0.25, -0.2) is 4.39 Å². The fraction of sp³-hybridized carbons (Fsp3) is 0.385. The Balaban J connectivity index is 1.80. The van der Waals surface area contributed by atoms with E-state index in [0.29, 0.717) is 28.2 Å². The van der Waals surface area contributed by atoms with Crippen molar-refractivity contribution in [3.8, 4) is 0 Å². The number of hydrogen-bond acceptors (Lipinski definition) is 4. The first-order valence-electron chi connectivity index (χ1n) is 6.16. The van der Waals surface area contributed by atoms with Crippen LogP contribution in [0.1, 0.15) is 36.2 Å². The number of halogens is 2. The van der Waals surface area contributed by atoms with Gasteiger partial charge in [0.05, 0.1) is 12.5 Å². The minimum atomic E-state index is -0.376. The molecule has 2 aromatic rings. The maximum absolute atomic E-state index is 13.6. The maximum atomic E-state index is 13.6. The lowest BCUT2D eigenvalue weighted by atomic mass is 10.1. The summed E-state index contributed by atoms with van der Waals surface area (Å²) in [6.07, 6.45) is 2.38. The average molecular weight is 282 g/mol. The highest BCUT2D eigenvalue weighted by molar-refractivity contribution is 6.31. The van der Waals surface area contributed by atoms with Crippen LogP contribution in [-0.2, 0) is 6.42 Å². The predicted molar refractivity (Wildman–Crippen MR) is 68.2 cm³/mol. The van der Waals surface area contributed by atoms with E-state index in [1.807, 2.05) is 0 Å². The third kappa shape index (κ3) is 2.62. The van der Waals surface area contributed by atoms with E-state index in [-0.39, 0.29) is 18.3 Å². The summed E-state index contributed by atoms with van der Waals surface area (Å²) in [6.45, 7) is 0. The van der Waals surface area contributed by atoms with Gasteiger partial charge in [-0.2, -0.15) is 4.98 Å². The molecule has 4 nitrogen and oxygen atoms in total. The molecule has 1 aromatic heterocycles. The van der Waals surface area contributed by atoms with Gasteiger partial charge in [0, 0.05) is 10.6 Å². The lowest BCUT2D eigenvalue weighted by Crippen LogP contribution is -2.14. The van der Waals surface area contributed by atoms with Crippen molar-refractivity contribution in [3.05, 3.63) is 46.3 Å². The molecule has 0 radical (unpaired) electrons. The van der Waals surface area contributed by atoms with E-state index in [4.69, 9.17) is 21.9 Å². The van der Waals surface area contributed by atoms with Crippen LogP contribution < -0.4 is 5.73 Å². The fourth-order valence-electron chi connectivity index (χ4n) is 1.99. The van der Waals surface area contributed by atoms with Crippen LogP contribution in [0.15, 0.2) is 22.7 Å². The molecule has 1 aromatic carbocycles. The summed E-state index contributed by atoms with van der Waals surface area (Å²) in [4.78, 5) is 4.22. The van der Waals surface area contributed by atoms with Crippen LogP contribution in [0.5, 0.6) is 0 Å². The van der Waals surface area contributed by atoms with Crippen LogP contribution >= 0.6 is 11.6 Å². The van der Waals surface area contributed by atoms with Gasteiger partial charge in [0.1, 0.15) is 5.82 Å². The van der Waals surface area contributed by atoms with Crippen molar-refractivity contribution in [3.63, 3.8) is 0 Å². The van der Waals surface area contributed by atoms with Crippen molar-refractivity contribution in [2.24, 2.45) is 11.7 Å². The fourth-order valence-corrected chi connectivity index (χ4v) is 2.22. The van der Waals surface area contributed by atoms with Crippen LogP contribution in [0.3, 0.4) is 0 Å². The molecule has 2 N–H and O–H groups in total. The molecule has 1 aliphatic carbocycles. The summed E-state index contributed by atoms with van der Waals surface area (Å²) in [6, 6.07) is 4.36. The normalized spacial score (nSPS) is 16.6. The molecule has 19 heavy (non-hydrogen) atoms. The molecule has 3 rings (SSSR count). The SMILES string of the molecule is NC(c1noc(Cc2c(F)cccc2Cl)n1)C1CC1. The molecule has 0 aliphatic heterocycles. The number of nitrogens with zero attached hydrogens (tertiary/aromatic N) is 2. The van der Waals surface area contributed by atoms with Crippen molar-refractivity contribution in [1.82, 2.24) is 10.1 Å². The Morgan fingerprint density at radius 2 is 2.26 bits per heavy atom. The second-order valence-electron chi connectivity index (χ2n) is 4.79. The van der Waals surface area contributed by atoms with E-state index in [0.717, 1.165) is 12.8 Å². The van der Waals surface area contributed by atoms with E-state index in [2.05, 4.69) is 10.1 Å². The van der Waals surface area contributed by atoms with Crippen LogP contribution in [0.4, 0.5) is 4.39 Å². The summed E-state index contributed by atoms with van der Waals surface area (Å²) in [7, 11) is 0. The van der Waals surface area contributed by atoms with Gasteiger partial charge < -0.3 is 10.3 Å². The van der Waals surface area contributed by atoms with Gasteiger partial charge in [0.25, 0.3) is 0 Å². The molecule has 1 heterocycles. The summed E-state index contributed by atoms with van der Waals surface area (Å²) < 4.78 is 18.8. The lowest BCUT2D eigenvalue weighted by molar-refractivity contribution is 0.372. The van der Waals surface area contributed by atoms with Gasteiger partial charge in [-0.1, -0.05) is 22.8 Å². The highest BCUT2D eigenvalue weighted by atomic mass is 35.5. The predicted octanol–water partition coefficient (Wildman–Crippen LogP) is 2.86. The van der Waals surface area contributed by atoms with Gasteiger partial charge in [-0.15, -0.1) is 0 Å². The molecule has 1 fully saturated rings. The summed E-state index contributed by atoms with van der Waals surface area (Å²) in [5.41, 5.74) is 6.34. The molecular weight excluding hydrogens is 269 g/mol. The zero-order chi connectivity index (χ0) is 13.4. The Labute approximate surface area is 114 Å². The van der Waals surface area contributed by atoms with E-state index < -0.39 is 0 Å². The van der Waals surface area contributed by atoms with Crippen molar-refractivity contribution < 1.29 is 8.91 Å². The highest BCUT2D eigenvalue weighted by Gasteiger charge is 2.32. The molecule has 0 spiro atoms. The molecule has 1 atom stereocenters. The minimum Gasteiger partial charge on any atom is -0.339 e. The number of aromatic nitrogens is 2. The van der Waals surface area contributed by atoms with Crippen LogP contribution in [0.25, 0.3) is 0 Å². The molecule has 1 unspecified atom stereocenters. The quantitative estimate of drug-likeness (QED) is 0.936. The van der Waals surface area contributed by atoms with Crippen molar-refractivity contribution >= 4 is 11.6 Å². The number of benzene rings is 1. The second-order valence-corrected chi connectivity index (χ2v) is 5.19. The first-order valence-corrected chi connectivity index (χ1v) is 6.54. The van der Waals surface area contributed by atoms with Crippen LogP contribution in [0.2, 0.25) is 5.02 Å². The van der Waals surface area contributed by atoms with Crippen molar-refractivity contribution in [1.29, 1.82) is 0 Å². The zero-order valence-corrected chi connectivity index (χ0v) is 10.9. The first-order chi connectivity index (χ1) is 9.15. The molecule has 0 bridgehead atoms. The second kappa shape index (κ2) is 4.90. The van der Waals surface area contributed by atoms with E-state index in [9.17, 15) is 4.39 Å². The maximum Gasteiger partial charge on any atom is 0.231 e. The van der Waals surface area contributed by atoms with Crippen molar-refractivity contribution in [2.45, 2.75) is 25.3 Å². The van der Waals surface area contributed by atoms with Crippen LogP contribution in [0, 0.1) is 11.7 Å². The number of hydrogen-bond donors (Lipinski definition) is 1. The Bertz CT molecular complexity index is 577. The topological polar surface area (TPSA) is 64.9 Å². The van der Waals surface area contributed by atoms with Crippen molar-refractivity contribution in [2.75, 3.05) is 0 Å². The minimum absolute atomic E-state index is 0.176. The van der Waals surface area contributed by atoms with E-state index >= 15 is 0 Å². The molecule has 0 saturated heterocycles. The highest BCUT2D eigenvalue weighted by Crippen LogP contribution is 2.38. The summed E-state index contributed by atoms with van der Waals surface area (Å²) >= 11 is 5.95. The number of nitrogens with two attached hydrogens (primary N) is 1. The molecule has 100 valence electrons. The van der Waals surface area contributed by atoms with Gasteiger partial charge in [-0.05, 0) is 30.9 Å². The van der Waals surface area contributed by atoms with Gasteiger partial charge >= 0.3 is 0 Å². The summed E-state index contributed by atoms with van der Waals surface area (Å²) in [5.74, 6) is 0.893.